The molecule has 1 saturated carbocycles. The first-order valence-corrected chi connectivity index (χ1v) is 9.31. The van der Waals surface area contributed by atoms with Gasteiger partial charge in [-0.05, 0) is 49.5 Å². The van der Waals surface area contributed by atoms with E-state index in [0.29, 0.717) is 5.92 Å². The lowest BCUT2D eigenvalue weighted by atomic mass is 10.00. The number of nitrogens with zero attached hydrogens (tertiary/aromatic N) is 4. The van der Waals surface area contributed by atoms with E-state index in [-0.39, 0.29) is 0 Å². The molecule has 1 aliphatic heterocycles. The van der Waals surface area contributed by atoms with Gasteiger partial charge in [-0.2, -0.15) is 5.10 Å². The van der Waals surface area contributed by atoms with Crippen molar-refractivity contribution in [2.75, 3.05) is 13.1 Å². The van der Waals surface area contributed by atoms with Crippen LogP contribution in [0.2, 0.25) is 0 Å². The fourth-order valence-corrected chi connectivity index (χ4v) is 3.76. The van der Waals surface area contributed by atoms with Crippen LogP contribution in [0.25, 0.3) is 5.57 Å². The monoisotopic (exact) mass is 340 g/mol. The van der Waals surface area contributed by atoms with Crippen molar-refractivity contribution in [3.8, 4) is 0 Å². The average molecular weight is 340 g/mol. The average Bonchev–Trinajstić information content (AvgIpc) is 3.42. The first-order chi connectivity index (χ1) is 11.8. The van der Waals surface area contributed by atoms with Crippen molar-refractivity contribution in [1.29, 1.82) is 0 Å². The van der Waals surface area contributed by atoms with Gasteiger partial charge >= 0.3 is 0 Å². The molecule has 126 valence electrons. The predicted molar refractivity (Wildman–Crippen MR) is 99.3 cm³/mol. The molecule has 4 nitrogen and oxygen atoms in total. The molecule has 0 amide bonds. The molecule has 0 N–H and O–H groups in total. The molecule has 2 heterocycles. The second-order valence-electron chi connectivity index (χ2n) is 6.72. The molecule has 0 spiro atoms. The maximum Gasteiger partial charge on any atom is 0.199 e. The third-order valence-electron chi connectivity index (χ3n) is 4.98. The van der Waals surface area contributed by atoms with Gasteiger partial charge < -0.3 is 4.57 Å². The Balaban J connectivity index is 1.48. The topological polar surface area (TPSA) is 26.0 Å². The van der Waals surface area contributed by atoms with Crippen molar-refractivity contribution in [3.63, 3.8) is 0 Å². The highest BCUT2D eigenvalue weighted by Gasteiger charge is 2.30. The van der Waals surface area contributed by atoms with Crippen LogP contribution in [0.5, 0.6) is 0 Å². The van der Waals surface area contributed by atoms with Crippen molar-refractivity contribution < 1.29 is 0 Å². The van der Waals surface area contributed by atoms with Crippen LogP contribution in [0.1, 0.15) is 43.5 Å². The van der Waals surface area contributed by atoms with Crippen LogP contribution in [-0.2, 0) is 13.2 Å². The van der Waals surface area contributed by atoms with Crippen LogP contribution in [0.15, 0.2) is 36.4 Å². The molecule has 1 aromatic heterocycles. The normalized spacial score (nSPS) is 18.6. The summed E-state index contributed by atoms with van der Waals surface area (Å²) in [5.41, 5.74) is 2.80. The van der Waals surface area contributed by atoms with Gasteiger partial charge in [-0.1, -0.05) is 36.4 Å². The Morgan fingerprint density at radius 1 is 1.21 bits per heavy atom. The fourth-order valence-electron chi connectivity index (χ4n) is 3.43. The quantitative estimate of drug-likeness (QED) is 0.768. The number of rotatable bonds is 5. The molecular weight excluding hydrogens is 316 g/mol. The van der Waals surface area contributed by atoms with Gasteiger partial charge in [0.2, 0.25) is 0 Å². The first-order valence-electron chi connectivity index (χ1n) is 8.90. The summed E-state index contributed by atoms with van der Waals surface area (Å²) < 4.78 is 5.10. The Kier molecular flexibility index (Phi) is 4.37. The van der Waals surface area contributed by atoms with Crippen molar-refractivity contribution in [1.82, 2.24) is 19.2 Å². The van der Waals surface area contributed by atoms with Crippen LogP contribution < -0.4 is 0 Å². The second kappa shape index (κ2) is 6.65. The van der Waals surface area contributed by atoms with Gasteiger partial charge in [0.1, 0.15) is 5.82 Å². The largest absolute Gasteiger partial charge is 0.304 e. The van der Waals surface area contributed by atoms with E-state index < -0.39 is 0 Å². The highest BCUT2D eigenvalue weighted by atomic mass is 32.1. The summed E-state index contributed by atoms with van der Waals surface area (Å²) >= 11 is 5.65. The van der Waals surface area contributed by atoms with E-state index in [0.717, 1.165) is 37.5 Å². The minimum Gasteiger partial charge on any atom is -0.304 e. The predicted octanol–water partition coefficient (Wildman–Crippen LogP) is 4.06. The van der Waals surface area contributed by atoms with Crippen LogP contribution in [0.4, 0.5) is 0 Å². The van der Waals surface area contributed by atoms with Gasteiger partial charge in [0.25, 0.3) is 0 Å². The maximum atomic E-state index is 5.65. The summed E-state index contributed by atoms with van der Waals surface area (Å²) in [6, 6.07) is 10.7. The standard InChI is InChI=1S/C19H24N4S/c1-2-22-18(17-8-9-17)20-23(19(22)24)14-21-12-10-16(11-13-21)15-6-4-3-5-7-15/h3-7,10,17H,2,8-9,11-14H2,1H3. The molecule has 1 fully saturated rings. The molecule has 0 radical (unpaired) electrons. The lowest BCUT2D eigenvalue weighted by Crippen LogP contribution is -2.31. The van der Waals surface area contributed by atoms with Crippen molar-refractivity contribution in [2.45, 2.75) is 45.3 Å². The number of benzene rings is 1. The molecule has 1 aromatic carbocycles. The molecule has 2 aromatic rings. The third-order valence-corrected chi connectivity index (χ3v) is 5.41. The summed E-state index contributed by atoms with van der Waals surface area (Å²) in [6.07, 6.45) is 5.96. The van der Waals surface area contributed by atoms with Crippen molar-refractivity contribution >= 4 is 17.8 Å². The third kappa shape index (κ3) is 3.10. The minimum absolute atomic E-state index is 0.638. The van der Waals surface area contributed by atoms with E-state index in [4.69, 9.17) is 17.3 Å². The molecule has 5 heteroatoms. The van der Waals surface area contributed by atoms with Gasteiger partial charge in [-0.25, -0.2) is 4.68 Å². The van der Waals surface area contributed by atoms with Gasteiger partial charge in [0, 0.05) is 25.6 Å². The smallest absolute Gasteiger partial charge is 0.199 e. The molecule has 0 bridgehead atoms. The molecule has 0 saturated heterocycles. The van der Waals surface area contributed by atoms with E-state index in [9.17, 15) is 0 Å². The minimum atomic E-state index is 0.638. The molecule has 4 rings (SSSR count). The Bertz CT molecular complexity index is 799. The summed E-state index contributed by atoms with van der Waals surface area (Å²) in [5, 5.41) is 4.83. The van der Waals surface area contributed by atoms with Gasteiger partial charge in [-0.15, -0.1) is 0 Å². The highest BCUT2D eigenvalue weighted by Crippen LogP contribution is 2.39. The van der Waals surface area contributed by atoms with E-state index in [1.54, 1.807) is 0 Å². The summed E-state index contributed by atoms with van der Waals surface area (Å²) in [6.45, 7) is 5.89. The van der Waals surface area contributed by atoms with Crippen LogP contribution in [0, 0.1) is 4.77 Å². The molecular formula is C19H24N4S. The fraction of sp³-hybridized carbons (Fsp3) is 0.474. The molecule has 0 unspecified atom stereocenters. The number of hydrogen-bond donors (Lipinski definition) is 0. The maximum absolute atomic E-state index is 5.65. The number of hydrogen-bond acceptors (Lipinski definition) is 3. The van der Waals surface area contributed by atoms with Gasteiger partial charge in [0.15, 0.2) is 4.77 Å². The van der Waals surface area contributed by atoms with Gasteiger partial charge in [-0.3, -0.25) is 4.90 Å². The molecule has 0 atom stereocenters. The summed E-state index contributed by atoms with van der Waals surface area (Å²) in [7, 11) is 0. The zero-order valence-corrected chi connectivity index (χ0v) is 15.0. The Hall–Kier alpha value is -1.72. The first kappa shape index (κ1) is 15.8. The van der Waals surface area contributed by atoms with E-state index in [2.05, 4.69) is 52.8 Å². The number of aromatic nitrogens is 3. The van der Waals surface area contributed by atoms with Crippen LogP contribution in [-0.4, -0.2) is 32.3 Å². The second-order valence-corrected chi connectivity index (χ2v) is 7.09. The van der Waals surface area contributed by atoms with E-state index in [1.807, 2.05) is 4.68 Å². The van der Waals surface area contributed by atoms with Gasteiger partial charge in [0.05, 0.1) is 6.67 Å². The molecule has 2 aliphatic rings. The summed E-state index contributed by atoms with van der Waals surface area (Å²) in [5.74, 6) is 1.83. The zero-order chi connectivity index (χ0) is 16.5. The van der Waals surface area contributed by atoms with Crippen LogP contribution >= 0.6 is 12.2 Å². The lowest BCUT2D eigenvalue weighted by molar-refractivity contribution is 0.225. The Morgan fingerprint density at radius 2 is 2.00 bits per heavy atom. The summed E-state index contributed by atoms with van der Waals surface area (Å²) in [4.78, 5) is 2.42. The van der Waals surface area contributed by atoms with E-state index in [1.165, 1.54) is 29.8 Å². The zero-order valence-electron chi connectivity index (χ0n) is 14.2. The Labute approximate surface area is 148 Å². The lowest BCUT2D eigenvalue weighted by Gasteiger charge is -2.26. The van der Waals surface area contributed by atoms with Crippen molar-refractivity contribution in [3.05, 3.63) is 52.6 Å². The SMILES string of the molecule is CCn1c(C2CC2)nn(CN2CC=C(c3ccccc3)CC2)c1=S. The molecule has 1 aliphatic carbocycles. The highest BCUT2D eigenvalue weighted by molar-refractivity contribution is 7.71. The van der Waals surface area contributed by atoms with E-state index >= 15 is 0 Å². The Morgan fingerprint density at radius 3 is 2.62 bits per heavy atom. The van der Waals surface area contributed by atoms with Crippen molar-refractivity contribution in [2.24, 2.45) is 0 Å². The van der Waals surface area contributed by atoms with Crippen LogP contribution in [0.3, 0.4) is 0 Å². The molecule has 24 heavy (non-hydrogen) atoms.